The standard InChI is InChI=1S/C21H33NO4/c1-3-25-20-9-8-16(14-21(20)24-2)11-13-26-19-7-5-4-6-18(19)22-12-10-17(23)15-22/h8-9,14,17-19,23H,3-7,10-13,15H2,1-2H3/t17-,18-,19-/m1/s1. The smallest absolute Gasteiger partial charge is 0.161 e. The van der Waals surface area contributed by atoms with Gasteiger partial charge in [-0.25, -0.2) is 0 Å². The van der Waals surface area contributed by atoms with E-state index in [2.05, 4.69) is 11.0 Å². The molecule has 3 rings (SSSR count). The van der Waals surface area contributed by atoms with E-state index in [1.807, 2.05) is 19.1 Å². The van der Waals surface area contributed by atoms with Gasteiger partial charge in [0, 0.05) is 19.1 Å². The van der Waals surface area contributed by atoms with Gasteiger partial charge >= 0.3 is 0 Å². The molecular weight excluding hydrogens is 330 g/mol. The quantitative estimate of drug-likeness (QED) is 0.769. The highest BCUT2D eigenvalue weighted by Crippen LogP contribution is 2.30. The first-order valence-corrected chi connectivity index (χ1v) is 10.0. The van der Waals surface area contributed by atoms with Gasteiger partial charge in [0.1, 0.15) is 0 Å². The summed E-state index contributed by atoms with van der Waals surface area (Å²) in [6, 6.07) is 6.58. The van der Waals surface area contributed by atoms with Crippen LogP contribution in [0.15, 0.2) is 18.2 Å². The molecular formula is C21H33NO4. The van der Waals surface area contributed by atoms with Gasteiger partial charge in [0.15, 0.2) is 11.5 Å². The van der Waals surface area contributed by atoms with Crippen molar-refractivity contribution in [1.82, 2.24) is 4.90 Å². The van der Waals surface area contributed by atoms with Crippen LogP contribution < -0.4 is 9.47 Å². The minimum absolute atomic E-state index is 0.158. The summed E-state index contributed by atoms with van der Waals surface area (Å²) in [7, 11) is 1.68. The molecule has 1 aromatic carbocycles. The Labute approximate surface area is 157 Å². The Balaban J connectivity index is 1.53. The largest absolute Gasteiger partial charge is 0.493 e. The molecule has 1 saturated heterocycles. The van der Waals surface area contributed by atoms with Crippen molar-refractivity contribution < 1.29 is 19.3 Å². The van der Waals surface area contributed by atoms with E-state index in [1.165, 1.54) is 24.8 Å². The lowest BCUT2D eigenvalue weighted by atomic mass is 9.91. The third kappa shape index (κ3) is 4.90. The fraction of sp³-hybridized carbons (Fsp3) is 0.714. The summed E-state index contributed by atoms with van der Waals surface area (Å²) in [5.41, 5.74) is 1.20. The molecule has 146 valence electrons. The van der Waals surface area contributed by atoms with Gasteiger partial charge in [-0.15, -0.1) is 0 Å². The van der Waals surface area contributed by atoms with Crippen molar-refractivity contribution >= 4 is 0 Å². The molecule has 2 fully saturated rings. The molecule has 1 aliphatic carbocycles. The first kappa shape index (κ1) is 19.5. The van der Waals surface area contributed by atoms with Crippen LogP contribution in [0.25, 0.3) is 0 Å². The van der Waals surface area contributed by atoms with Crippen LogP contribution in [0.5, 0.6) is 11.5 Å². The molecule has 1 aromatic rings. The van der Waals surface area contributed by atoms with Crippen LogP contribution in [0.1, 0.15) is 44.6 Å². The van der Waals surface area contributed by atoms with Crippen molar-refractivity contribution in [2.75, 3.05) is 33.4 Å². The van der Waals surface area contributed by atoms with E-state index in [9.17, 15) is 5.11 Å². The molecule has 0 aromatic heterocycles. The average Bonchev–Trinajstić information content (AvgIpc) is 3.09. The number of likely N-dealkylation sites (tertiary alicyclic amines) is 1. The summed E-state index contributed by atoms with van der Waals surface area (Å²) >= 11 is 0. The minimum atomic E-state index is -0.158. The number of ether oxygens (including phenoxy) is 3. The van der Waals surface area contributed by atoms with Crippen molar-refractivity contribution in [2.24, 2.45) is 0 Å². The van der Waals surface area contributed by atoms with Gasteiger partial charge in [-0.2, -0.15) is 0 Å². The molecule has 0 bridgehead atoms. The van der Waals surface area contributed by atoms with E-state index in [1.54, 1.807) is 7.11 Å². The predicted octanol–water partition coefficient (Wildman–Crippen LogP) is 3.03. The predicted molar refractivity (Wildman–Crippen MR) is 102 cm³/mol. The van der Waals surface area contributed by atoms with E-state index >= 15 is 0 Å². The Morgan fingerprint density at radius 3 is 2.73 bits per heavy atom. The lowest BCUT2D eigenvalue weighted by Crippen LogP contribution is -2.46. The van der Waals surface area contributed by atoms with Gasteiger partial charge in [0.2, 0.25) is 0 Å². The highest BCUT2D eigenvalue weighted by Gasteiger charge is 2.34. The molecule has 5 heteroatoms. The van der Waals surface area contributed by atoms with E-state index in [4.69, 9.17) is 14.2 Å². The second-order valence-electron chi connectivity index (χ2n) is 7.37. The topological polar surface area (TPSA) is 51.2 Å². The molecule has 26 heavy (non-hydrogen) atoms. The van der Waals surface area contributed by atoms with Crippen LogP contribution >= 0.6 is 0 Å². The van der Waals surface area contributed by atoms with Gasteiger partial charge in [-0.1, -0.05) is 18.9 Å². The lowest BCUT2D eigenvalue weighted by Gasteiger charge is -2.37. The zero-order chi connectivity index (χ0) is 18.4. The molecule has 3 atom stereocenters. The average molecular weight is 363 g/mol. The zero-order valence-electron chi connectivity index (χ0n) is 16.2. The van der Waals surface area contributed by atoms with Gasteiger partial charge in [0.05, 0.1) is 32.5 Å². The first-order chi connectivity index (χ1) is 12.7. The van der Waals surface area contributed by atoms with E-state index in [-0.39, 0.29) is 6.10 Å². The molecule has 1 saturated carbocycles. The minimum Gasteiger partial charge on any atom is -0.493 e. The van der Waals surface area contributed by atoms with Crippen LogP contribution in [0, 0.1) is 0 Å². The number of nitrogens with zero attached hydrogens (tertiary/aromatic N) is 1. The van der Waals surface area contributed by atoms with Crippen molar-refractivity contribution in [1.29, 1.82) is 0 Å². The lowest BCUT2D eigenvalue weighted by molar-refractivity contribution is -0.0316. The molecule has 5 nitrogen and oxygen atoms in total. The van der Waals surface area contributed by atoms with Crippen LogP contribution in [0.4, 0.5) is 0 Å². The van der Waals surface area contributed by atoms with Gasteiger partial charge in [-0.05, 0) is 50.3 Å². The van der Waals surface area contributed by atoms with Gasteiger partial charge in [-0.3, -0.25) is 4.90 Å². The summed E-state index contributed by atoms with van der Waals surface area (Å²) in [5, 5.41) is 9.85. The summed E-state index contributed by atoms with van der Waals surface area (Å²) in [6.07, 6.45) is 6.73. The molecule has 0 radical (unpaired) electrons. The number of methoxy groups -OCH3 is 1. The van der Waals surface area contributed by atoms with Crippen molar-refractivity contribution in [3.05, 3.63) is 23.8 Å². The van der Waals surface area contributed by atoms with Crippen LogP contribution in [0.2, 0.25) is 0 Å². The number of aliphatic hydroxyl groups is 1. The molecule has 1 aliphatic heterocycles. The summed E-state index contributed by atoms with van der Waals surface area (Å²) in [6.45, 7) is 5.13. The first-order valence-electron chi connectivity index (χ1n) is 10.0. The molecule has 0 amide bonds. The normalized spacial score (nSPS) is 26.8. The van der Waals surface area contributed by atoms with Crippen molar-refractivity contribution in [2.45, 2.75) is 63.7 Å². The van der Waals surface area contributed by atoms with E-state index < -0.39 is 0 Å². The summed E-state index contributed by atoms with van der Waals surface area (Å²) in [5.74, 6) is 1.57. The maximum Gasteiger partial charge on any atom is 0.161 e. The number of hydrogen-bond donors (Lipinski definition) is 1. The fourth-order valence-corrected chi connectivity index (χ4v) is 4.23. The molecule has 1 heterocycles. The third-order valence-electron chi connectivity index (χ3n) is 5.58. The fourth-order valence-electron chi connectivity index (χ4n) is 4.23. The number of β-amino-alcohol motifs (C(OH)–C–C–N with tert-alkyl or cyclic N) is 1. The second kappa shape index (κ2) is 9.58. The van der Waals surface area contributed by atoms with E-state index in [0.717, 1.165) is 43.9 Å². The maximum absolute atomic E-state index is 9.85. The van der Waals surface area contributed by atoms with Crippen molar-refractivity contribution in [3.8, 4) is 11.5 Å². The molecule has 0 unspecified atom stereocenters. The SMILES string of the molecule is CCOc1ccc(CCO[C@@H]2CCCC[C@H]2N2CC[C@@H](O)C2)cc1OC. The third-order valence-corrected chi connectivity index (χ3v) is 5.58. The Morgan fingerprint density at radius 1 is 1.15 bits per heavy atom. The van der Waals surface area contributed by atoms with Gasteiger partial charge in [0.25, 0.3) is 0 Å². The number of aliphatic hydroxyl groups excluding tert-OH is 1. The Morgan fingerprint density at radius 2 is 2.00 bits per heavy atom. The van der Waals surface area contributed by atoms with Gasteiger partial charge < -0.3 is 19.3 Å². The van der Waals surface area contributed by atoms with Crippen LogP contribution in [-0.4, -0.2) is 61.7 Å². The van der Waals surface area contributed by atoms with E-state index in [0.29, 0.717) is 25.4 Å². The number of rotatable bonds is 8. The van der Waals surface area contributed by atoms with Crippen molar-refractivity contribution in [3.63, 3.8) is 0 Å². The maximum atomic E-state index is 9.85. The zero-order valence-corrected chi connectivity index (χ0v) is 16.2. The Bertz CT molecular complexity index is 565. The molecule has 0 spiro atoms. The summed E-state index contributed by atoms with van der Waals surface area (Å²) in [4.78, 5) is 2.44. The summed E-state index contributed by atoms with van der Waals surface area (Å²) < 4.78 is 17.3. The Hall–Kier alpha value is -1.30. The molecule has 1 N–H and O–H groups in total. The number of hydrogen-bond acceptors (Lipinski definition) is 5. The highest BCUT2D eigenvalue weighted by atomic mass is 16.5. The molecule has 2 aliphatic rings. The van der Waals surface area contributed by atoms with Crippen LogP contribution in [-0.2, 0) is 11.2 Å². The second-order valence-corrected chi connectivity index (χ2v) is 7.37. The monoisotopic (exact) mass is 363 g/mol. The highest BCUT2D eigenvalue weighted by molar-refractivity contribution is 5.43. The van der Waals surface area contributed by atoms with Crippen LogP contribution in [0.3, 0.4) is 0 Å². The Kier molecular flexibility index (Phi) is 7.17. The number of benzene rings is 1.